The van der Waals surface area contributed by atoms with Crippen molar-refractivity contribution < 1.29 is 4.79 Å². The molecule has 140 valence electrons. The number of carbonyl (C=O) groups excluding carboxylic acids is 1. The average molecular weight is 365 g/mol. The highest BCUT2D eigenvalue weighted by Crippen LogP contribution is 2.20. The van der Waals surface area contributed by atoms with Gasteiger partial charge in [0.25, 0.3) is 11.5 Å². The van der Waals surface area contributed by atoms with Gasteiger partial charge >= 0.3 is 0 Å². The van der Waals surface area contributed by atoms with Gasteiger partial charge in [0, 0.05) is 31.2 Å². The summed E-state index contributed by atoms with van der Waals surface area (Å²) in [6, 6.07) is 7.33. The van der Waals surface area contributed by atoms with Crippen molar-refractivity contribution in [3.63, 3.8) is 0 Å². The molecule has 0 bridgehead atoms. The maximum atomic E-state index is 12.7. The Labute approximate surface area is 157 Å². The largest absolute Gasteiger partial charge is 0.342 e. The van der Waals surface area contributed by atoms with Gasteiger partial charge in [-0.3, -0.25) is 9.59 Å². The summed E-state index contributed by atoms with van der Waals surface area (Å²) in [6.07, 6.45) is 4.82. The molecule has 3 rings (SSSR count). The standard InChI is InChI=1S/C20H23N5O2/c1-12(2)16(18-21-9-10-25(18)4)23-19(26)15-11-22-17(24-20(15)27)14-7-5-13(3)6-8-14/h5-12,16H,1-4H3,(H,23,26)(H,22,24,27). The summed E-state index contributed by atoms with van der Waals surface area (Å²) in [5.41, 5.74) is 1.41. The summed E-state index contributed by atoms with van der Waals surface area (Å²) in [5, 5.41) is 2.90. The molecular weight excluding hydrogens is 342 g/mol. The fourth-order valence-corrected chi connectivity index (χ4v) is 2.84. The lowest BCUT2D eigenvalue weighted by Crippen LogP contribution is -2.36. The third-order valence-electron chi connectivity index (χ3n) is 4.46. The molecule has 0 radical (unpaired) electrons. The van der Waals surface area contributed by atoms with Crippen molar-refractivity contribution in [3.8, 4) is 11.4 Å². The van der Waals surface area contributed by atoms with Crippen LogP contribution in [0.3, 0.4) is 0 Å². The maximum Gasteiger partial charge on any atom is 0.264 e. The predicted molar refractivity (Wildman–Crippen MR) is 103 cm³/mol. The summed E-state index contributed by atoms with van der Waals surface area (Å²) in [4.78, 5) is 36.4. The molecule has 0 saturated carbocycles. The van der Waals surface area contributed by atoms with E-state index in [1.54, 1.807) is 6.20 Å². The number of amides is 1. The molecule has 0 spiro atoms. The average Bonchev–Trinajstić information content (AvgIpc) is 3.05. The summed E-state index contributed by atoms with van der Waals surface area (Å²) in [6.45, 7) is 5.96. The fourth-order valence-electron chi connectivity index (χ4n) is 2.84. The topological polar surface area (TPSA) is 92.7 Å². The van der Waals surface area contributed by atoms with Gasteiger partial charge in [0.05, 0.1) is 6.04 Å². The molecule has 1 amide bonds. The Hall–Kier alpha value is -3.22. The first-order valence-electron chi connectivity index (χ1n) is 8.81. The van der Waals surface area contributed by atoms with Crippen molar-refractivity contribution >= 4 is 5.91 Å². The summed E-state index contributed by atoms with van der Waals surface area (Å²) in [5.74, 6) is 0.801. The molecule has 1 unspecified atom stereocenters. The second-order valence-electron chi connectivity index (χ2n) is 6.93. The maximum absolute atomic E-state index is 12.7. The highest BCUT2D eigenvalue weighted by atomic mass is 16.2. The first-order chi connectivity index (χ1) is 12.9. The van der Waals surface area contributed by atoms with Gasteiger partial charge in [0.15, 0.2) is 0 Å². The number of carbonyl (C=O) groups is 1. The number of benzene rings is 1. The van der Waals surface area contributed by atoms with Crippen LogP contribution in [0.4, 0.5) is 0 Å². The Kier molecular flexibility index (Phi) is 5.21. The smallest absolute Gasteiger partial charge is 0.264 e. The van der Waals surface area contributed by atoms with Crippen molar-refractivity contribution in [2.45, 2.75) is 26.8 Å². The van der Waals surface area contributed by atoms with Crippen LogP contribution in [0.2, 0.25) is 0 Å². The first kappa shape index (κ1) is 18.6. The van der Waals surface area contributed by atoms with Gasteiger partial charge in [0.1, 0.15) is 17.2 Å². The molecule has 0 aliphatic carbocycles. The number of rotatable bonds is 5. The molecule has 2 N–H and O–H groups in total. The van der Waals surface area contributed by atoms with Crippen molar-refractivity contribution in [1.82, 2.24) is 24.8 Å². The summed E-state index contributed by atoms with van der Waals surface area (Å²) < 4.78 is 1.86. The van der Waals surface area contributed by atoms with E-state index in [1.165, 1.54) is 6.20 Å². The van der Waals surface area contributed by atoms with E-state index < -0.39 is 11.5 Å². The lowest BCUT2D eigenvalue weighted by atomic mass is 10.0. The summed E-state index contributed by atoms with van der Waals surface area (Å²) in [7, 11) is 1.87. The van der Waals surface area contributed by atoms with Crippen LogP contribution in [-0.2, 0) is 7.05 Å². The molecule has 3 aromatic rings. The van der Waals surface area contributed by atoms with E-state index in [9.17, 15) is 9.59 Å². The summed E-state index contributed by atoms with van der Waals surface area (Å²) >= 11 is 0. The number of aromatic amines is 1. The van der Waals surface area contributed by atoms with Crippen LogP contribution >= 0.6 is 0 Å². The van der Waals surface area contributed by atoms with E-state index in [2.05, 4.69) is 20.3 Å². The zero-order valence-corrected chi connectivity index (χ0v) is 15.9. The highest BCUT2D eigenvalue weighted by molar-refractivity contribution is 5.93. The van der Waals surface area contributed by atoms with Gasteiger partial charge in [-0.2, -0.15) is 0 Å². The van der Waals surface area contributed by atoms with Crippen LogP contribution in [0, 0.1) is 12.8 Å². The molecule has 1 atom stereocenters. The highest BCUT2D eigenvalue weighted by Gasteiger charge is 2.24. The van der Waals surface area contributed by atoms with E-state index in [4.69, 9.17) is 0 Å². The van der Waals surface area contributed by atoms with Crippen LogP contribution in [-0.4, -0.2) is 25.4 Å². The van der Waals surface area contributed by atoms with Gasteiger partial charge in [-0.25, -0.2) is 9.97 Å². The number of aryl methyl sites for hydroxylation is 2. The quantitative estimate of drug-likeness (QED) is 0.727. The second-order valence-corrected chi connectivity index (χ2v) is 6.93. The van der Waals surface area contributed by atoms with E-state index in [0.717, 1.165) is 17.0 Å². The van der Waals surface area contributed by atoms with Crippen LogP contribution in [0.15, 0.2) is 47.7 Å². The third-order valence-corrected chi connectivity index (χ3v) is 4.46. The Morgan fingerprint density at radius 1 is 1.19 bits per heavy atom. The molecule has 0 saturated heterocycles. The van der Waals surface area contributed by atoms with Crippen molar-refractivity contribution in [2.75, 3.05) is 0 Å². The zero-order chi connectivity index (χ0) is 19.6. The number of H-pyrrole nitrogens is 1. The SMILES string of the molecule is Cc1ccc(-c2ncc(C(=O)NC(c3nccn3C)C(C)C)c(=O)[nH]2)cc1. The molecule has 7 nitrogen and oxygen atoms in total. The van der Waals surface area contributed by atoms with Crippen LogP contribution < -0.4 is 10.9 Å². The number of aromatic nitrogens is 4. The van der Waals surface area contributed by atoms with Gasteiger partial charge in [-0.15, -0.1) is 0 Å². The predicted octanol–water partition coefficient (Wildman–Crippen LogP) is 2.61. The Morgan fingerprint density at radius 3 is 2.44 bits per heavy atom. The molecular formula is C20H23N5O2. The lowest BCUT2D eigenvalue weighted by molar-refractivity contribution is 0.0920. The first-order valence-corrected chi connectivity index (χ1v) is 8.81. The number of imidazole rings is 1. The Bertz CT molecular complexity index is 1000. The molecule has 27 heavy (non-hydrogen) atoms. The van der Waals surface area contributed by atoms with Gasteiger partial charge in [0.2, 0.25) is 0 Å². The van der Waals surface area contributed by atoms with Crippen LogP contribution in [0.5, 0.6) is 0 Å². The van der Waals surface area contributed by atoms with E-state index in [0.29, 0.717) is 5.82 Å². The van der Waals surface area contributed by atoms with Gasteiger partial charge in [-0.1, -0.05) is 43.7 Å². The fraction of sp³-hybridized carbons (Fsp3) is 0.300. The molecule has 7 heteroatoms. The van der Waals surface area contributed by atoms with Crippen molar-refractivity contribution in [1.29, 1.82) is 0 Å². The minimum absolute atomic E-state index is 0.0225. The van der Waals surface area contributed by atoms with E-state index >= 15 is 0 Å². The number of nitrogens with zero attached hydrogens (tertiary/aromatic N) is 3. The minimum atomic E-state index is -0.472. The Balaban J connectivity index is 1.85. The molecule has 0 aliphatic rings. The number of hydrogen-bond donors (Lipinski definition) is 2. The Morgan fingerprint density at radius 2 is 1.89 bits per heavy atom. The van der Waals surface area contributed by atoms with E-state index in [1.807, 2.05) is 62.8 Å². The normalized spacial score (nSPS) is 12.2. The molecule has 1 aromatic carbocycles. The number of nitrogens with one attached hydrogen (secondary N) is 2. The molecule has 0 aliphatic heterocycles. The van der Waals surface area contributed by atoms with Crippen molar-refractivity contribution in [2.24, 2.45) is 13.0 Å². The van der Waals surface area contributed by atoms with Crippen LogP contribution in [0.25, 0.3) is 11.4 Å². The van der Waals surface area contributed by atoms with E-state index in [-0.39, 0.29) is 17.5 Å². The monoisotopic (exact) mass is 365 g/mol. The molecule has 2 aromatic heterocycles. The van der Waals surface area contributed by atoms with Crippen LogP contribution in [0.1, 0.15) is 41.6 Å². The second kappa shape index (κ2) is 7.57. The third kappa shape index (κ3) is 3.97. The zero-order valence-electron chi connectivity index (χ0n) is 15.9. The lowest BCUT2D eigenvalue weighted by Gasteiger charge is -2.21. The molecule has 2 heterocycles. The van der Waals surface area contributed by atoms with Crippen molar-refractivity contribution in [3.05, 3.63) is 70.2 Å². The van der Waals surface area contributed by atoms with Gasteiger partial charge in [-0.05, 0) is 12.8 Å². The number of hydrogen-bond acceptors (Lipinski definition) is 4. The molecule has 0 fully saturated rings. The minimum Gasteiger partial charge on any atom is -0.342 e. The van der Waals surface area contributed by atoms with Gasteiger partial charge < -0.3 is 14.9 Å².